The minimum Gasteiger partial charge on any atom is -0.456 e. The monoisotopic (exact) mass is 469 g/mol. The highest BCUT2D eigenvalue weighted by Crippen LogP contribution is 2.36. The molecule has 1 saturated heterocycles. The van der Waals surface area contributed by atoms with Crippen molar-refractivity contribution in [3.63, 3.8) is 0 Å². The molecular weight excluding hydrogens is 434 g/mol. The van der Waals surface area contributed by atoms with Crippen LogP contribution in [0.4, 0.5) is 4.79 Å². The Morgan fingerprint density at radius 3 is 2.15 bits per heavy atom. The number of benzene rings is 2. The summed E-state index contributed by atoms with van der Waals surface area (Å²) in [7, 11) is 0. The zero-order valence-corrected chi connectivity index (χ0v) is 21.6. The maximum absolute atomic E-state index is 12.3. The van der Waals surface area contributed by atoms with E-state index >= 15 is 0 Å². The van der Waals surface area contributed by atoms with Crippen LogP contribution in [0.5, 0.6) is 11.5 Å². The lowest BCUT2D eigenvalue weighted by Gasteiger charge is -2.35. The highest BCUT2D eigenvalue weighted by atomic mass is 32.2. The molecule has 0 bridgehead atoms. The molecule has 0 N–H and O–H groups in total. The molecule has 0 radical (unpaired) electrons. The summed E-state index contributed by atoms with van der Waals surface area (Å²) in [4.78, 5) is 14.9. The van der Waals surface area contributed by atoms with Crippen LogP contribution >= 0.6 is 11.9 Å². The minimum atomic E-state index is -0.499. The van der Waals surface area contributed by atoms with Crippen molar-refractivity contribution < 1.29 is 14.3 Å². The van der Waals surface area contributed by atoms with Gasteiger partial charge in [0, 0.05) is 26.2 Å². The molecule has 0 aliphatic carbocycles. The molecule has 2 aromatic rings. The van der Waals surface area contributed by atoms with Crippen LogP contribution in [0, 0.1) is 25.2 Å². The fraction of sp³-hybridized carbons (Fsp3) is 0.462. The Labute approximate surface area is 202 Å². The quantitative estimate of drug-likeness (QED) is 0.473. The van der Waals surface area contributed by atoms with E-state index in [2.05, 4.69) is 16.4 Å². The minimum absolute atomic E-state index is 0.275. The van der Waals surface area contributed by atoms with Gasteiger partial charge >= 0.3 is 6.09 Å². The topological polar surface area (TPSA) is 65.8 Å². The molecule has 0 atom stereocenters. The summed E-state index contributed by atoms with van der Waals surface area (Å²) >= 11 is 1.55. The average molecular weight is 470 g/mol. The van der Waals surface area contributed by atoms with Gasteiger partial charge in [0.2, 0.25) is 0 Å². The third kappa shape index (κ3) is 8.30. The lowest BCUT2D eigenvalue weighted by Crippen LogP contribution is -2.47. The van der Waals surface area contributed by atoms with E-state index in [4.69, 9.17) is 9.47 Å². The van der Waals surface area contributed by atoms with E-state index in [0.717, 1.165) is 21.8 Å². The molecule has 0 aromatic heterocycles. The zero-order valence-electron chi connectivity index (χ0n) is 20.8. The van der Waals surface area contributed by atoms with Gasteiger partial charge in [0.1, 0.15) is 17.1 Å². The first kappa shape index (κ1) is 26.6. The van der Waals surface area contributed by atoms with Gasteiger partial charge in [-0.2, -0.15) is 5.26 Å². The number of amides is 1. The van der Waals surface area contributed by atoms with Gasteiger partial charge in [-0.15, -0.1) is 0 Å². The van der Waals surface area contributed by atoms with Crippen molar-refractivity contribution >= 4 is 18.0 Å². The molecule has 1 aliphatic rings. The molecule has 1 heterocycles. The summed E-state index contributed by atoms with van der Waals surface area (Å²) < 4.78 is 13.8. The fourth-order valence-electron chi connectivity index (χ4n) is 3.28. The van der Waals surface area contributed by atoms with Gasteiger partial charge in [-0.1, -0.05) is 19.9 Å². The first-order valence-corrected chi connectivity index (χ1v) is 12.1. The van der Waals surface area contributed by atoms with Crippen molar-refractivity contribution in [2.75, 3.05) is 26.2 Å². The molecule has 33 heavy (non-hydrogen) atoms. The molecular formula is C26H35N3O3S. The first-order chi connectivity index (χ1) is 15.6. The lowest BCUT2D eigenvalue weighted by atomic mass is 10.1. The van der Waals surface area contributed by atoms with Crippen molar-refractivity contribution in [3.8, 4) is 17.6 Å². The second kappa shape index (κ2) is 12.0. The van der Waals surface area contributed by atoms with Gasteiger partial charge in [-0.25, -0.2) is 9.10 Å². The van der Waals surface area contributed by atoms with Crippen LogP contribution in [0.25, 0.3) is 0 Å². The van der Waals surface area contributed by atoms with E-state index in [1.165, 1.54) is 0 Å². The van der Waals surface area contributed by atoms with Crippen LogP contribution in [0.3, 0.4) is 0 Å². The Kier molecular flexibility index (Phi) is 9.63. The molecule has 2 aromatic carbocycles. The van der Waals surface area contributed by atoms with Crippen LogP contribution in [0.1, 0.15) is 51.3 Å². The van der Waals surface area contributed by atoms with E-state index in [1.54, 1.807) is 22.9 Å². The smallest absolute Gasteiger partial charge is 0.410 e. The maximum Gasteiger partial charge on any atom is 0.410 e. The van der Waals surface area contributed by atoms with Gasteiger partial charge in [-0.05, 0) is 88.0 Å². The molecule has 7 heteroatoms. The number of nitriles is 1. The highest BCUT2D eigenvalue weighted by molar-refractivity contribution is 7.97. The predicted molar refractivity (Wildman–Crippen MR) is 134 cm³/mol. The highest BCUT2D eigenvalue weighted by Gasteiger charge is 2.26. The Hall–Kier alpha value is -2.69. The largest absolute Gasteiger partial charge is 0.456 e. The second-order valence-corrected chi connectivity index (χ2v) is 9.83. The Balaban J connectivity index is 0.00000187. The van der Waals surface area contributed by atoms with Crippen LogP contribution in [0.15, 0.2) is 41.3 Å². The number of nitrogens with zero attached hydrogens (tertiary/aromatic N) is 3. The van der Waals surface area contributed by atoms with E-state index in [9.17, 15) is 10.1 Å². The Morgan fingerprint density at radius 1 is 1.00 bits per heavy atom. The van der Waals surface area contributed by atoms with Crippen molar-refractivity contribution in [2.24, 2.45) is 0 Å². The summed E-state index contributed by atoms with van der Waals surface area (Å²) in [5, 5.41) is 9.34. The molecule has 1 fully saturated rings. The molecule has 178 valence electrons. The van der Waals surface area contributed by atoms with Gasteiger partial charge in [0.15, 0.2) is 0 Å². The maximum atomic E-state index is 12.3. The number of carbonyl (C=O) groups excluding carboxylic acids is 1. The molecule has 0 spiro atoms. The van der Waals surface area contributed by atoms with Gasteiger partial charge < -0.3 is 14.4 Å². The molecule has 1 amide bonds. The summed E-state index contributed by atoms with van der Waals surface area (Å²) in [6.07, 6.45) is -0.275. The number of rotatable bonds is 4. The SMILES string of the molecule is CC.Cc1cc(C)cc(Oc2ccc(C#N)cc2SN2CCN(C(=O)OC(C)(C)C)CC2)c1. The molecule has 0 saturated carbocycles. The molecule has 1 aliphatic heterocycles. The third-order valence-corrected chi connectivity index (χ3v) is 5.75. The van der Waals surface area contributed by atoms with Crippen molar-refractivity contribution in [1.82, 2.24) is 9.21 Å². The van der Waals surface area contributed by atoms with Gasteiger partial charge in [-0.3, -0.25) is 0 Å². The Morgan fingerprint density at radius 2 is 1.61 bits per heavy atom. The third-order valence-electron chi connectivity index (χ3n) is 4.61. The lowest BCUT2D eigenvalue weighted by molar-refractivity contribution is 0.0197. The van der Waals surface area contributed by atoms with E-state index < -0.39 is 5.60 Å². The first-order valence-electron chi connectivity index (χ1n) is 11.3. The van der Waals surface area contributed by atoms with E-state index in [0.29, 0.717) is 37.5 Å². The summed E-state index contributed by atoms with van der Waals surface area (Å²) in [6.45, 7) is 16.3. The summed E-state index contributed by atoms with van der Waals surface area (Å²) in [6, 6.07) is 13.8. The number of hydrogen-bond donors (Lipinski definition) is 0. The number of ether oxygens (including phenoxy) is 2. The van der Waals surface area contributed by atoms with Crippen LogP contribution < -0.4 is 4.74 Å². The fourth-order valence-corrected chi connectivity index (χ4v) is 4.28. The normalized spacial score (nSPS) is 14.1. The zero-order chi connectivity index (χ0) is 24.6. The van der Waals surface area contributed by atoms with E-state index in [1.807, 2.05) is 72.7 Å². The average Bonchev–Trinajstić information content (AvgIpc) is 2.75. The summed E-state index contributed by atoms with van der Waals surface area (Å²) in [5.74, 6) is 1.49. The predicted octanol–water partition coefficient (Wildman–Crippen LogP) is 6.55. The van der Waals surface area contributed by atoms with Crippen LogP contribution in [0.2, 0.25) is 0 Å². The number of piperazine rings is 1. The van der Waals surface area contributed by atoms with E-state index in [-0.39, 0.29) is 6.09 Å². The van der Waals surface area contributed by atoms with Crippen molar-refractivity contribution in [3.05, 3.63) is 53.1 Å². The summed E-state index contributed by atoms with van der Waals surface area (Å²) in [5.41, 5.74) is 2.36. The van der Waals surface area contributed by atoms with Crippen LogP contribution in [-0.2, 0) is 4.74 Å². The second-order valence-electron chi connectivity index (χ2n) is 8.69. The van der Waals surface area contributed by atoms with Crippen molar-refractivity contribution in [1.29, 1.82) is 5.26 Å². The molecule has 0 unspecified atom stereocenters. The number of hydrogen-bond acceptors (Lipinski definition) is 6. The van der Waals surface area contributed by atoms with Gasteiger partial charge in [0.05, 0.1) is 16.5 Å². The molecule has 3 rings (SSSR count). The standard InChI is InChI=1S/C24H29N3O3S.C2H6/c1-17-12-18(2)14-20(13-17)29-21-7-6-19(16-25)15-22(21)31-27-10-8-26(9-11-27)23(28)30-24(3,4)5;1-2/h6-7,12-15H,8-11H2,1-5H3;1-2H3. The van der Waals surface area contributed by atoms with Crippen molar-refractivity contribution in [2.45, 2.75) is 59.0 Å². The van der Waals surface area contributed by atoms with Crippen LogP contribution in [-0.4, -0.2) is 47.1 Å². The number of carbonyl (C=O) groups is 1. The Bertz CT molecular complexity index is 967. The molecule has 6 nitrogen and oxygen atoms in total. The van der Waals surface area contributed by atoms with Gasteiger partial charge in [0.25, 0.3) is 0 Å². The number of aryl methyl sites for hydroxylation is 2.